The van der Waals surface area contributed by atoms with Crippen LogP contribution in [0.4, 0.5) is 34.1 Å². The van der Waals surface area contributed by atoms with Crippen molar-refractivity contribution in [1.82, 2.24) is 19.1 Å². The first-order chi connectivity index (χ1) is 33.8. The summed E-state index contributed by atoms with van der Waals surface area (Å²) in [6, 6.07) is 82.5. The summed E-state index contributed by atoms with van der Waals surface area (Å²) in [5.41, 5.74) is 15.2. The molecule has 0 aliphatic rings. The van der Waals surface area contributed by atoms with Crippen molar-refractivity contribution in [3.05, 3.63) is 243 Å². The molecule has 0 saturated heterocycles. The summed E-state index contributed by atoms with van der Waals surface area (Å²) < 4.78 is 4.76. The molecule has 0 saturated carbocycles. The summed E-state index contributed by atoms with van der Waals surface area (Å²) in [6.07, 6.45) is 3.84. The second-order valence-electron chi connectivity index (χ2n) is 17.4. The van der Waals surface area contributed by atoms with E-state index in [2.05, 4.69) is 237 Å². The average Bonchev–Trinajstić information content (AvgIpc) is 3.92. The van der Waals surface area contributed by atoms with Crippen LogP contribution < -0.4 is 9.80 Å². The van der Waals surface area contributed by atoms with Gasteiger partial charge in [-0.05, 0) is 166 Å². The molecule has 0 amide bonds. The number of para-hydroxylation sites is 4. The zero-order valence-electron chi connectivity index (χ0n) is 36.8. The standard InChI is InChI=1S/C62H40N6/c1-5-15-43(16-6-1)65(44-17-7-2-8-18-44)47-27-31-49(32-28-47)67-53-23-13-37-63-61(53)59-51-35-26-42-40-56-60(52-36-25-41(39-55(59)67)57(51)58(42)52)62-54(24-14-38-64-62)68(56)50-33-29-48(30-34-50)66(45-19-9-3-10-20-45)46-21-11-4-12-22-46/h1-40H. The van der Waals surface area contributed by atoms with Gasteiger partial charge < -0.3 is 18.9 Å². The molecule has 0 unspecified atom stereocenters. The molecule has 68 heavy (non-hydrogen) atoms. The Labute approximate surface area is 391 Å². The quantitative estimate of drug-likeness (QED) is 0.143. The summed E-state index contributed by atoms with van der Waals surface area (Å²) >= 11 is 0. The van der Waals surface area contributed by atoms with Gasteiger partial charge in [-0.1, -0.05) is 97.1 Å². The van der Waals surface area contributed by atoms with Gasteiger partial charge in [0.05, 0.1) is 33.1 Å². The van der Waals surface area contributed by atoms with Gasteiger partial charge in [0.1, 0.15) is 0 Å². The molecule has 6 heteroatoms. The van der Waals surface area contributed by atoms with E-state index >= 15 is 0 Å². The highest BCUT2D eigenvalue weighted by molar-refractivity contribution is 6.37. The molecule has 0 N–H and O–H groups in total. The van der Waals surface area contributed by atoms with Crippen LogP contribution in [0, 0.1) is 0 Å². The van der Waals surface area contributed by atoms with Crippen molar-refractivity contribution in [2.45, 2.75) is 0 Å². The van der Waals surface area contributed by atoms with Crippen LogP contribution in [0.3, 0.4) is 0 Å². The summed E-state index contributed by atoms with van der Waals surface area (Å²) in [5, 5.41) is 9.59. The highest BCUT2D eigenvalue weighted by atomic mass is 15.1. The first-order valence-electron chi connectivity index (χ1n) is 23.1. The normalized spacial score (nSPS) is 11.8. The molecule has 14 rings (SSSR count). The Balaban J connectivity index is 0.936. The largest absolute Gasteiger partial charge is 0.311 e. The van der Waals surface area contributed by atoms with Crippen molar-refractivity contribution < 1.29 is 0 Å². The van der Waals surface area contributed by atoms with E-state index in [4.69, 9.17) is 9.97 Å². The fraction of sp³-hybridized carbons (Fsp3) is 0. The number of rotatable bonds is 8. The summed E-state index contributed by atoms with van der Waals surface area (Å²) in [7, 11) is 0. The molecule has 6 nitrogen and oxygen atoms in total. The molecule has 10 aromatic carbocycles. The van der Waals surface area contributed by atoms with Gasteiger partial charge in [-0.15, -0.1) is 0 Å². The first-order valence-corrected chi connectivity index (χ1v) is 23.1. The molecule has 4 aromatic heterocycles. The number of aromatic nitrogens is 4. The second-order valence-corrected chi connectivity index (χ2v) is 17.4. The van der Waals surface area contributed by atoms with Crippen molar-refractivity contribution >= 4 is 110 Å². The Hall–Kier alpha value is -9.26. The molecule has 0 fully saturated rings. The Morgan fingerprint density at radius 3 is 0.971 bits per heavy atom. The predicted molar refractivity (Wildman–Crippen MR) is 284 cm³/mol. The Morgan fingerprint density at radius 2 is 0.618 bits per heavy atom. The monoisotopic (exact) mass is 868 g/mol. The highest BCUT2D eigenvalue weighted by Crippen LogP contribution is 2.47. The Bertz CT molecular complexity index is 3810. The van der Waals surface area contributed by atoms with E-state index in [0.717, 1.165) is 89.4 Å². The smallest absolute Gasteiger partial charge is 0.0969 e. The molecule has 14 aromatic rings. The molecule has 0 aliphatic carbocycles. The molecule has 0 aliphatic heterocycles. The maximum absolute atomic E-state index is 5.10. The number of hydrogen-bond acceptors (Lipinski definition) is 4. The fourth-order valence-electron chi connectivity index (χ4n) is 10.8. The molecule has 0 spiro atoms. The van der Waals surface area contributed by atoms with Crippen molar-refractivity contribution in [3.63, 3.8) is 0 Å². The van der Waals surface area contributed by atoms with Crippen LogP contribution in [0.25, 0.3) is 87.6 Å². The molecule has 0 radical (unpaired) electrons. The lowest BCUT2D eigenvalue weighted by molar-refractivity contribution is 1.17. The lowest BCUT2D eigenvalue weighted by Gasteiger charge is -2.25. The fourth-order valence-corrected chi connectivity index (χ4v) is 10.8. The molecule has 318 valence electrons. The molecule has 0 atom stereocenters. The number of nitrogens with zero attached hydrogens (tertiary/aromatic N) is 6. The van der Waals surface area contributed by atoms with Crippen LogP contribution in [0.2, 0.25) is 0 Å². The van der Waals surface area contributed by atoms with Gasteiger partial charge in [0.2, 0.25) is 0 Å². The lowest BCUT2D eigenvalue weighted by atomic mass is 9.91. The van der Waals surface area contributed by atoms with Crippen LogP contribution in [-0.2, 0) is 0 Å². The maximum Gasteiger partial charge on any atom is 0.0969 e. The van der Waals surface area contributed by atoms with Crippen LogP contribution >= 0.6 is 0 Å². The SMILES string of the molecule is c1ccc(N(c2ccccc2)c2ccc(-n3c4cccnc4c4c5ccc6cc7c(c8ccc(cc43)c5c68)c3ncccc3n7-c3ccc(N(c4ccccc4)c4ccccc4)cc3)cc2)cc1. The van der Waals surface area contributed by atoms with E-state index in [9.17, 15) is 0 Å². The Morgan fingerprint density at radius 1 is 0.279 bits per heavy atom. The minimum absolute atomic E-state index is 0.990. The van der Waals surface area contributed by atoms with Crippen LogP contribution in [-0.4, -0.2) is 19.1 Å². The lowest BCUT2D eigenvalue weighted by Crippen LogP contribution is -2.09. The van der Waals surface area contributed by atoms with Crippen molar-refractivity contribution in [3.8, 4) is 11.4 Å². The van der Waals surface area contributed by atoms with Crippen LogP contribution in [0.15, 0.2) is 243 Å². The number of fused-ring (bicyclic) bond motifs is 8. The van der Waals surface area contributed by atoms with E-state index in [0.29, 0.717) is 0 Å². The van der Waals surface area contributed by atoms with Crippen LogP contribution in [0.5, 0.6) is 0 Å². The van der Waals surface area contributed by atoms with Gasteiger partial charge >= 0.3 is 0 Å². The molecule has 0 bridgehead atoms. The molecule has 4 heterocycles. The number of hydrogen-bond donors (Lipinski definition) is 0. The summed E-state index contributed by atoms with van der Waals surface area (Å²) in [5.74, 6) is 0. The third-order valence-corrected chi connectivity index (χ3v) is 13.7. The van der Waals surface area contributed by atoms with Crippen LogP contribution in [0.1, 0.15) is 0 Å². The van der Waals surface area contributed by atoms with Gasteiger partial charge in [-0.3, -0.25) is 9.97 Å². The maximum atomic E-state index is 5.10. The van der Waals surface area contributed by atoms with Gasteiger partial charge in [0.25, 0.3) is 0 Å². The third-order valence-electron chi connectivity index (χ3n) is 13.7. The third kappa shape index (κ3) is 5.77. The first kappa shape index (κ1) is 38.1. The van der Waals surface area contributed by atoms with E-state index in [1.54, 1.807) is 0 Å². The van der Waals surface area contributed by atoms with Crippen molar-refractivity contribution in [1.29, 1.82) is 0 Å². The van der Waals surface area contributed by atoms with Crippen molar-refractivity contribution in [2.24, 2.45) is 0 Å². The average molecular weight is 869 g/mol. The number of anilines is 6. The van der Waals surface area contributed by atoms with E-state index in [-0.39, 0.29) is 0 Å². The van der Waals surface area contributed by atoms with Gasteiger partial charge in [-0.2, -0.15) is 0 Å². The van der Waals surface area contributed by atoms with Gasteiger partial charge in [-0.25, -0.2) is 0 Å². The minimum Gasteiger partial charge on any atom is -0.311 e. The van der Waals surface area contributed by atoms with Crippen molar-refractivity contribution in [2.75, 3.05) is 9.80 Å². The van der Waals surface area contributed by atoms with Gasteiger partial charge in [0.15, 0.2) is 0 Å². The zero-order chi connectivity index (χ0) is 44.7. The predicted octanol–water partition coefficient (Wildman–Crippen LogP) is 16.5. The topological polar surface area (TPSA) is 42.1 Å². The highest BCUT2D eigenvalue weighted by Gasteiger charge is 2.24. The molecular weight excluding hydrogens is 829 g/mol. The molecular formula is C62H40N6. The summed E-state index contributed by atoms with van der Waals surface area (Å²) in [4.78, 5) is 14.8. The Kier molecular flexibility index (Phi) is 8.48. The zero-order valence-corrected chi connectivity index (χ0v) is 36.8. The van der Waals surface area contributed by atoms with E-state index in [1.165, 1.54) is 32.3 Å². The second kappa shape index (κ2) is 15.2. The van der Waals surface area contributed by atoms with Gasteiger partial charge in [0, 0.05) is 68.7 Å². The minimum atomic E-state index is 0.990. The number of pyridine rings is 2. The summed E-state index contributed by atoms with van der Waals surface area (Å²) in [6.45, 7) is 0. The van der Waals surface area contributed by atoms with E-state index < -0.39 is 0 Å². The van der Waals surface area contributed by atoms with E-state index in [1.807, 2.05) is 24.5 Å². The number of benzene rings is 10.